The number of ketones is 1. The third-order valence-corrected chi connectivity index (χ3v) is 4.42. The summed E-state index contributed by atoms with van der Waals surface area (Å²) >= 11 is 0. The molecular formula is C19H15FN2O2. The monoisotopic (exact) mass is 322 g/mol. The number of aromatic nitrogens is 1. The van der Waals surface area contributed by atoms with E-state index in [4.69, 9.17) is 0 Å². The first-order valence-corrected chi connectivity index (χ1v) is 7.78. The van der Waals surface area contributed by atoms with Crippen molar-refractivity contribution in [3.8, 4) is 11.3 Å². The highest BCUT2D eigenvalue weighted by Crippen LogP contribution is 2.36. The molecule has 4 nitrogen and oxygen atoms in total. The molecule has 0 saturated heterocycles. The van der Waals surface area contributed by atoms with E-state index >= 15 is 0 Å². The molecule has 0 spiro atoms. The van der Waals surface area contributed by atoms with Crippen LogP contribution >= 0.6 is 0 Å². The van der Waals surface area contributed by atoms with Crippen LogP contribution in [0.1, 0.15) is 27.6 Å². The summed E-state index contributed by atoms with van der Waals surface area (Å²) in [7, 11) is 0. The number of hydrogen-bond donors (Lipinski definition) is 1. The van der Waals surface area contributed by atoms with Crippen molar-refractivity contribution in [1.82, 2.24) is 9.88 Å². The summed E-state index contributed by atoms with van der Waals surface area (Å²) in [5.74, 6) is -0.540. The number of carbonyl (C=O) groups is 2. The van der Waals surface area contributed by atoms with Gasteiger partial charge in [-0.05, 0) is 42.8 Å². The molecule has 0 fully saturated rings. The number of hydrogen-bond acceptors (Lipinski definition) is 2. The minimum atomic E-state index is -0.326. The minimum absolute atomic E-state index is 0.0730. The van der Waals surface area contributed by atoms with Gasteiger partial charge < -0.3 is 9.88 Å². The van der Waals surface area contributed by atoms with Crippen molar-refractivity contribution >= 4 is 22.6 Å². The van der Waals surface area contributed by atoms with Crippen LogP contribution in [0.2, 0.25) is 0 Å². The fraction of sp³-hybridized carbons (Fsp3) is 0.158. The van der Waals surface area contributed by atoms with E-state index in [0.29, 0.717) is 24.2 Å². The summed E-state index contributed by atoms with van der Waals surface area (Å²) in [6, 6.07) is 11.5. The first-order valence-electron chi connectivity index (χ1n) is 7.78. The summed E-state index contributed by atoms with van der Waals surface area (Å²) in [6.45, 7) is 2.55. The summed E-state index contributed by atoms with van der Waals surface area (Å²) in [5.41, 5.74) is 3.39. The Morgan fingerprint density at radius 1 is 1.17 bits per heavy atom. The Balaban J connectivity index is 2.15. The standard InChI is InChI=1S/C19H15FN2O2/c1-11(23)16-14-3-2-4-15-18(14)22(10-9-21-19(15)24)17(16)12-5-7-13(20)8-6-12/h2-8H,9-10H2,1H3,(H,21,24). The maximum atomic E-state index is 13.3. The average Bonchev–Trinajstić information content (AvgIpc) is 2.80. The lowest BCUT2D eigenvalue weighted by Crippen LogP contribution is -2.24. The van der Waals surface area contributed by atoms with Crippen molar-refractivity contribution in [1.29, 1.82) is 0 Å². The van der Waals surface area contributed by atoms with Gasteiger partial charge in [-0.1, -0.05) is 12.1 Å². The zero-order chi connectivity index (χ0) is 16.8. The maximum absolute atomic E-state index is 13.3. The Morgan fingerprint density at radius 2 is 1.92 bits per heavy atom. The van der Waals surface area contributed by atoms with Gasteiger partial charge in [0.15, 0.2) is 5.78 Å². The SMILES string of the molecule is CC(=O)c1c(-c2ccc(F)cc2)n2c3c(cccc13)C(=O)NCC2. The summed E-state index contributed by atoms with van der Waals surface area (Å²) in [5, 5.41) is 3.63. The molecule has 0 bridgehead atoms. The number of carbonyl (C=O) groups excluding carboxylic acids is 2. The number of nitrogens with one attached hydrogen (secondary N) is 1. The van der Waals surface area contributed by atoms with Gasteiger partial charge in [-0.25, -0.2) is 4.39 Å². The Labute approximate surface area is 137 Å². The predicted molar refractivity (Wildman–Crippen MR) is 89.7 cm³/mol. The van der Waals surface area contributed by atoms with Crippen LogP contribution in [0.3, 0.4) is 0 Å². The third kappa shape index (κ3) is 2.05. The van der Waals surface area contributed by atoms with Crippen LogP contribution in [0, 0.1) is 5.82 Å². The molecule has 1 amide bonds. The number of Topliss-reactive ketones (excluding diaryl/α,β-unsaturated/α-hetero) is 1. The van der Waals surface area contributed by atoms with E-state index in [-0.39, 0.29) is 17.5 Å². The lowest BCUT2D eigenvalue weighted by molar-refractivity contribution is 0.0955. The number of halogens is 1. The van der Waals surface area contributed by atoms with E-state index in [1.54, 1.807) is 24.3 Å². The molecule has 0 atom stereocenters. The molecule has 2 heterocycles. The number of rotatable bonds is 2. The van der Waals surface area contributed by atoms with Crippen molar-refractivity contribution in [3.05, 3.63) is 59.4 Å². The largest absolute Gasteiger partial charge is 0.350 e. The smallest absolute Gasteiger partial charge is 0.253 e. The van der Waals surface area contributed by atoms with E-state index in [0.717, 1.165) is 22.2 Å². The highest BCUT2D eigenvalue weighted by atomic mass is 19.1. The molecule has 4 rings (SSSR count). The molecule has 0 saturated carbocycles. The maximum Gasteiger partial charge on any atom is 0.253 e. The van der Waals surface area contributed by atoms with Gasteiger partial charge in [0.05, 0.1) is 22.3 Å². The van der Waals surface area contributed by atoms with Crippen molar-refractivity contribution < 1.29 is 14.0 Å². The fourth-order valence-corrected chi connectivity index (χ4v) is 3.46. The summed E-state index contributed by atoms with van der Waals surface area (Å²) < 4.78 is 15.3. The molecule has 1 aliphatic rings. The van der Waals surface area contributed by atoms with Crippen LogP contribution in [-0.4, -0.2) is 22.8 Å². The van der Waals surface area contributed by atoms with Gasteiger partial charge in [0, 0.05) is 18.5 Å². The fourth-order valence-electron chi connectivity index (χ4n) is 3.46. The topological polar surface area (TPSA) is 51.1 Å². The number of nitrogens with zero attached hydrogens (tertiary/aromatic N) is 1. The lowest BCUT2D eigenvalue weighted by atomic mass is 10.0. The van der Waals surface area contributed by atoms with Gasteiger partial charge in [0.2, 0.25) is 0 Å². The molecule has 24 heavy (non-hydrogen) atoms. The van der Waals surface area contributed by atoms with Crippen molar-refractivity contribution in [2.45, 2.75) is 13.5 Å². The predicted octanol–water partition coefficient (Wildman–Crippen LogP) is 3.39. The van der Waals surface area contributed by atoms with Crippen molar-refractivity contribution in [2.75, 3.05) is 6.54 Å². The van der Waals surface area contributed by atoms with Crippen LogP contribution in [-0.2, 0) is 6.54 Å². The van der Waals surface area contributed by atoms with Gasteiger partial charge in [-0.3, -0.25) is 9.59 Å². The number of benzene rings is 2. The number of para-hydroxylation sites is 1. The Morgan fingerprint density at radius 3 is 2.62 bits per heavy atom. The Kier molecular flexibility index (Phi) is 3.23. The highest BCUT2D eigenvalue weighted by Gasteiger charge is 2.26. The molecule has 2 aromatic carbocycles. The minimum Gasteiger partial charge on any atom is -0.350 e. The molecule has 5 heteroatoms. The molecule has 0 unspecified atom stereocenters. The lowest BCUT2D eigenvalue weighted by Gasteiger charge is -2.10. The first kappa shape index (κ1) is 14.6. The van der Waals surface area contributed by atoms with Gasteiger partial charge in [0.1, 0.15) is 5.82 Å². The van der Waals surface area contributed by atoms with E-state index < -0.39 is 0 Å². The second-order valence-corrected chi connectivity index (χ2v) is 5.90. The van der Waals surface area contributed by atoms with Gasteiger partial charge in [-0.2, -0.15) is 0 Å². The quantitative estimate of drug-likeness (QED) is 0.735. The molecule has 0 radical (unpaired) electrons. The van der Waals surface area contributed by atoms with Crippen molar-refractivity contribution in [2.24, 2.45) is 0 Å². The second-order valence-electron chi connectivity index (χ2n) is 5.90. The van der Waals surface area contributed by atoms with Crippen molar-refractivity contribution in [3.63, 3.8) is 0 Å². The second kappa shape index (κ2) is 5.30. The van der Waals surface area contributed by atoms with Crippen LogP contribution in [0.5, 0.6) is 0 Å². The third-order valence-electron chi connectivity index (χ3n) is 4.42. The zero-order valence-corrected chi connectivity index (χ0v) is 13.1. The summed E-state index contributed by atoms with van der Waals surface area (Å²) in [6.07, 6.45) is 0. The van der Waals surface area contributed by atoms with Gasteiger partial charge >= 0.3 is 0 Å². The van der Waals surface area contributed by atoms with E-state index in [9.17, 15) is 14.0 Å². The Hall–Kier alpha value is -2.95. The van der Waals surface area contributed by atoms with Crippen LogP contribution < -0.4 is 5.32 Å². The molecule has 120 valence electrons. The van der Waals surface area contributed by atoms with E-state index in [2.05, 4.69) is 5.32 Å². The molecule has 1 aromatic heterocycles. The van der Waals surface area contributed by atoms with Crippen LogP contribution in [0.25, 0.3) is 22.2 Å². The number of amides is 1. The summed E-state index contributed by atoms with van der Waals surface area (Å²) in [4.78, 5) is 24.7. The molecule has 1 N–H and O–H groups in total. The first-order chi connectivity index (χ1) is 11.6. The van der Waals surface area contributed by atoms with E-state index in [1.807, 2.05) is 10.6 Å². The molecule has 0 aliphatic carbocycles. The van der Waals surface area contributed by atoms with Crippen LogP contribution in [0.15, 0.2) is 42.5 Å². The normalized spacial score (nSPS) is 13.7. The average molecular weight is 322 g/mol. The zero-order valence-electron chi connectivity index (χ0n) is 13.1. The Bertz CT molecular complexity index is 987. The van der Waals surface area contributed by atoms with Crippen LogP contribution in [0.4, 0.5) is 4.39 Å². The van der Waals surface area contributed by atoms with Gasteiger partial charge in [-0.15, -0.1) is 0 Å². The molecule has 1 aliphatic heterocycles. The molecule has 3 aromatic rings. The molecular weight excluding hydrogens is 307 g/mol. The highest BCUT2D eigenvalue weighted by molar-refractivity contribution is 6.17. The van der Waals surface area contributed by atoms with E-state index in [1.165, 1.54) is 19.1 Å². The van der Waals surface area contributed by atoms with Gasteiger partial charge in [0.25, 0.3) is 5.91 Å².